The van der Waals surface area contributed by atoms with E-state index >= 15 is 0 Å². The third-order valence-electron chi connectivity index (χ3n) is 3.68. The van der Waals surface area contributed by atoms with Crippen LogP contribution >= 0.6 is 0 Å². The fourth-order valence-electron chi connectivity index (χ4n) is 2.61. The second-order valence-corrected chi connectivity index (χ2v) is 4.66. The molecule has 0 saturated carbocycles. The largest absolute Gasteiger partial charge is 0.358 e. The Morgan fingerprint density at radius 3 is 2.65 bits per heavy atom. The van der Waals surface area contributed by atoms with Gasteiger partial charge in [-0.15, -0.1) is 0 Å². The summed E-state index contributed by atoms with van der Waals surface area (Å²) in [6, 6.07) is 8.54. The molecule has 2 heterocycles. The Balaban J connectivity index is 2.33. The minimum atomic E-state index is 0.911. The number of aryl methyl sites for hydroxylation is 1. The van der Waals surface area contributed by atoms with Crippen LogP contribution in [0.4, 0.5) is 0 Å². The molecule has 0 fully saturated rings. The third-order valence-corrected chi connectivity index (χ3v) is 3.68. The molecule has 0 amide bonds. The van der Waals surface area contributed by atoms with Gasteiger partial charge < -0.3 is 9.47 Å². The van der Waals surface area contributed by atoms with Gasteiger partial charge in [-0.3, -0.25) is 4.99 Å². The highest BCUT2D eigenvalue weighted by atomic mass is 15.2. The first kappa shape index (κ1) is 10.4. The molecule has 1 aliphatic heterocycles. The van der Waals surface area contributed by atoms with Crippen molar-refractivity contribution in [1.82, 2.24) is 9.47 Å². The van der Waals surface area contributed by atoms with Crippen molar-refractivity contribution in [1.29, 1.82) is 0 Å². The van der Waals surface area contributed by atoms with Crippen molar-refractivity contribution in [3.05, 3.63) is 35.5 Å². The molecule has 0 N–H and O–H groups in total. The van der Waals surface area contributed by atoms with Crippen LogP contribution in [0.1, 0.15) is 11.3 Å². The predicted octanol–water partition coefficient (Wildman–Crippen LogP) is 2.18. The molecule has 0 bridgehead atoms. The minimum Gasteiger partial charge on any atom is -0.358 e. The highest BCUT2D eigenvalue weighted by molar-refractivity contribution is 6.11. The first-order valence-corrected chi connectivity index (χ1v) is 6.00. The van der Waals surface area contributed by atoms with Crippen LogP contribution in [0.3, 0.4) is 0 Å². The lowest BCUT2D eigenvalue weighted by molar-refractivity contribution is 0.556. The standard InChI is InChI=1S/C14H17N3/c1-10-13(14-15-8-9-16(14)2)11-6-4-5-7-12(11)17(10)3/h4-7H,8-9H2,1-3H3. The summed E-state index contributed by atoms with van der Waals surface area (Å²) in [5.74, 6) is 1.14. The fourth-order valence-corrected chi connectivity index (χ4v) is 2.61. The van der Waals surface area contributed by atoms with E-state index in [0.29, 0.717) is 0 Å². The Morgan fingerprint density at radius 2 is 1.94 bits per heavy atom. The van der Waals surface area contributed by atoms with Crippen LogP contribution in [-0.4, -0.2) is 35.4 Å². The van der Waals surface area contributed by atoms with E-state index in [1.165, 1.54) is 22.2 Å². The summed E-state index contributed by atoms with van der Waals surface area (Å²) in [4.78, 5) is 6.89. The van der Waals surface area contributed by atoms with E-state index in [4.69, 9.17) is 0 Å². The number of likely N-dealkylation sites (N-methyl/N-ethyl adjacent to an activating group) is 1. The Bertz CT molecular complexity index is 607. The van der Waals surface area contributed by atoms with E-state index in [1.54, 1.807) is 0 Å². The smallest absolute Gasteiger partial charge is 0.133 e. The van der Waals surface area contributed by atoms with Crippen LogP contribution in [0.25, 0.3) is 10.9 Å². The quantitative estimate of drug-likeness (QED) is 0.731. The Hall–Kier alpha value is -1.77. The van der Waals surface area contributed by atoms with Gasteiger partial charge >= 0.3 is 0 Å². The van der Waals surface area contributed by atoms with Gasteiger partial charge in [0.15, 0.2) is 0 Å². The number of nitrogens with zero attached hydrogens (tertiary/aromatic N) is 3. The first-order valence-electron chi connectivity index (χ1n) is 6.00. The van der Waals surface area contributed by atoms with Gasteiger partial charge in [-0.25, -0.2) is 0 Å². The average molecular weight is 227 g/mol. The van der Waals surface area contributed by atoms with Gasteiger partial charge in [-0.2, -0.15) is 0 Å². The number of aliphatic imine (C=N–C) groups is 1. The monoisotopic (exact) mass is 227 g/mol. The summed E-state index contributed by atoms with van der Waals surface area (Å²) >= 11 is 0. The molecule has 0 spiro atoms. The molecule has 1 aromatic carbocycles. The van der Waals surface area contributed by atoms with Crippen LogP contribution in [0, 0.1) is 6.92 Å². The van der Waals surface area contributed by atoms with Gasteiger partial charge in [0.05, 0.1) is 6.54 Å². The van der Waals surface area contributed by atoms with Gasteiger partial charge in [0.25, 0.3) is 0 Å². The number of para-hydroxylation sites is 1. The summed E-state index contributed by atoms with van der Waals surface area (Å²) in [5.41, 5.74) is 3.87. The molecule has 88 valence electrons. The summed E-state index contributed by atoms with van der Waals surface area (Å²) in [6.07, 6.45) is 0. The number of amidine groups is 1. The van der Waals surface area contributed by atoms with Crippen molar-refractivity contribution >= 4 is 16.7 Å². The summed E-state index contributed by atoms with van der Waals surface area (Å²) in [5, 5.41) is 1.31. The molecule has 3 rings (SSSR count). The number of fused-ring (bicyclic) bond motifs is 1. The maximum atomic E-state index is 4.64. The van der Waals surface area contributed by atoms with Crippen molar-refractivity contribution in [2.45, 2.75) is 6.92 Å². The predicted molar refractivity (Wildman–Crippen MR) is 71.7 cm³/mol. The van der Waals surface area contributed by atoms with Gasteiger partial charge in [0.2, 0.25) is 0 Å². The van der Waals surface area contributed by atoms with E-state index in [2.05, 4.69) is 59.7 Å². The summed E-state index contributed by atoms with van der Waals surface area (Å²) < 4.78 is 2.25. The molecule has 0 unspecified atom stereocenters. The number of rotatable bonds is 1. The molecule has 1 aromatic heterocycles. The van der Waals surface area contributed by atoms with Crippen LogP contribution in [0.5, 0.6) is 0 Å². The molecular weight excluding hydrogens is 210 g/mol. The van der Waals surface area contributed by atoms with Crippen molar-refractivity contribution in [3.8, 4) is 0 Å². The number of aromatic nitrogens is 1. The average Bonchev–Trinajstić information content (AvgIpc) is 2.84. The lowest BCUT2D eigenvalue weighted by Gasteiger charge is -2.14. The maximum Gasteiger partial charge on any atom is 0.133 e. The first-order chi connectivity index (χ1) is 8.20. The van der Waals surface area contributed by atoms with Crippen LogP contribution in [-0.2, 0) is 7.05 Å². The molecule has 0 saturated heterocycles. The second-order valence-electron chi connectivity index (χ2n) is 4.66. The molecule has 0 radical (unpaired) electrons. The van der Waals surface area contributed by atoms with Crippen molar-refractivity contribution in [3.63, 3.8) is 0 Å². The maximum absolute atomic E-state index is 4.64. The Labute approximate surface area is 101 Å². The van der Waals surface area contributed by atoms with E-state index in [0.717, 1.165) is 18.9 Å². The van der Waals surface area contributed by atoms with E-state index in [9.17, 15) is 0 Å². The second kappa shape index (κ2) is 3.62. The SMILES string of the molecule is Cc1c(C2=NCCN2C)c2ccccc2n1C. The van der Waals surface area contributed by atoms with Crippen molar-refractivity contribution < 1.29 is 0 Å². The third kappa shape index (κ3) is 1.38. The zero-order chi connectivity index (χ0) is 12.0. The molecule has 3 heteroatoms. The lowest BCUT2D eigenvalue weighted by atomic mass is 10.1. The lowest BCUT2D eigenvalue weighted by Crippen LogP contribution is -2.24. The summed E-state index contributed by atoms with van der Waals surface area (Å²) in [6.45, 7) is 4.11. The van der Waals surface area contributed by atoms with E-state index in [-0.39, 0.29) is 0 Å². The van der Waals surface area contributed by atoms with Gasteiger partial charge in [0.1, 0.15) is 5.84 Å². The van der Waals surface area contributed by atoms with Crippen molar-refractivity contribution in [2.75, 3.05) is 20.1 Å². The topological polar surface area (TPSA) is 20.5 Å². The van der Waals surface area contributed by atoms with Crippen molar-refractivity contribution in [2.24, 2.45) is 12.0 Å². The minimum absolute atomic E-state index is 0.911. The van der Waals surface area contributed by atoms with E-state index in [1.807, 2.05) is 0 Å². The van der Waals surface area contributed by atoms with Crippen LogP contribution in [0.2, 0.25) is 0 Å². The Morgan fingerprint density at radius 1 is 1.18 bits per heavy atom. The Kier molecular flexibility index (Phi) is 2.21. The molecule has 0 aliphatic carbocycles. The zero-order valence-electron chi connectivity index (χ0n) is 10.6. The molecule has 17 heavy (non-hydrogen) atoms. The van der Waals surface area contributed by atoms with Gasteiger partial charge in [0, 0.05) is 42.8 Å². The fraction of sp³-hybridized carbons (Fsp3) is 0.357. The molecule has 3 nitrogen and oxygen atoms in total. The van der Waals surface area contributed by atoms with Crippen LogP contribution < -0.4 is 0 Å². The van der Waals surface area contributed by atoms with Gasteiger partial charge in [-0.1, -0.05) is 18.2 Å². The van der Waals surface area contributed by atoms with Crippen LogP contribution in [0.15, 0.2) is 29.3 Å². The number of benzene rings is 1. The zero-order valence-corrected chi connectivity index (χ0v) is 10.6. The van der Waals surface area contributed by atoms with E-state index < -0.39 is 0 Å². The number of hydrogen-bond donors (Lipinski definition) is 0. The molecule has 2 aromatic rings. The normalized spacial score (nSPS) is 15.7. The highest BCUT2D eigenvalue weighted by Crippen LogP contribution is 2.27. The number of hydrogen-bond acceptors (Lipinski definition) is 2. The van der Waals surface area contributed by atoms with Gasteiger partial charge in [-0.05, 0) is 13.0 Å². The molecule has 0 atom stereocenters. The highest BCUT2D eigenvalue weighted by Gasteiger charge is 2.21. The molecule has 1 aliphatic rings. The molecular formula is C14H17N3. The summed E-state index contributed by atoms with van der Waals surface area (Å²) in [7, 11) is 4.24.